The molecule has 1 amide bonds. The van der Waals surface area contributed by atoms with Crippen molar-refractivity contribution in [3.8, 4) is 22.8 Å². The monoisotopic (exact) mass is 418 g/mol. The fourth-order valence-corrected chi connectivity index (χ4v) is 2.74. The minimum atomic E-state index is -0.412. The van der Waals surface area contributed by atoms with E-state index in [4.69, 9.17) is 37.1 Å². The SMILES string of the molecule is COc1ccc(-c2ccc(C=NNC(=O)COc3cccc(Cl)c3)o2)cc1Cl. The van der Waals surface area contributed by atoms with Crippen LogP contribution in [0.2, 0.25) is 10.0 Å². The number of halogens is 2. The molecule has 1 N–H and O–H groups in total. The Balaban J connectivity index is 1.53. The van der Waals surface area contributed by atoms with Gasteiger partial charge in [-0.05, 0) is 48.5 Å². The summed E-state index contributed by atoms with van der Waals surface area (Å²) >= 11 is 12.0. The Morgan fingerprint density at radius 1 is 1.18 bits per heavy atom. The summed E-state index contributed by atoms with van der Waals surface area (Å²) in [4.78, 5) is 11.8. The van der Waals surface area contributed by atoms with Crippen LogP contribution in [0.4, 0.5) is 0 Å². The van der Waals surface area contributed by atoms with Crippen LogP contribution >= 0.6 is 23.2 Å². The smallest absolute Gasteiger partial charge is 0.277 e. The molecule has 0 saturated heterocycles. The summed E-state index contributed by atoms with van der Waals surface area (Å²) in [5.74, 6) is 1.76. The number of benzene rings is 2. The average Bonchev–Trinajstić information content (AvgIpc) is 3.15. The van der Waals surface area contributed by atoms with Crippen LogP contribution in [0, 0.1) is 0 Å². The molecule has 0 bridgehead atoms. The predicted octanol–water partition coefficient (Wildman–Crippen LogP) is 4.79. The summed E-state index contributed by atoms with van der Waals surface area (Å²) in [5, 5.41) is 4.87. The van der Waals surface area contributed by atoms with Crippen molar-refractivity contribution in [1.29, 1.82) is 0 Å². The number of nitrogens with one attached hydrogen (secondary N) is 1. The van der Waals surface area contributed by atoms with Crippen LogP contribution in [0.25, 0.3) is 11.3 Å². The molecule has 1 aromatic heterocycles. The van der Waals surface area contributed by atoms with Gasteiger partial charge in [-0.2, -0.15) is 5.10 Å². The molecule has 3 rings (SSSR count). The number of carbonyl (C=O) groups excluding carboxylic acids is 1. The zero-order valence-corrected chi connectivity index (χ0v) is 16.3. The van der Waals surface area contributed by atoms with E-state index in [2.05, 4.69) is 10.5 Å². The van der Waals surface area contributed by atoms with Crippen LogP contribution in [-0.4, -0.2) is 25.8 Å². The number of furan rings is 1. The molecule has 1 heterocycles. The lowest BCUT2D eigenvalue weighted by molar-refractivity contribution is -0.123. The summed E-state index contributed by atoms with van der Waals surface area (Å²) in [6, 6.07) is 15.6. The summed E-state index contributed by atoms with van der Waals surface area (Å²) in [5.41, 5.74) is 3.16. The molecule has 144 valence electrons. The maximum atomic E-state index is 11.8. The number of ether oxygens (including phenoxy) is 2. The minimum Gasteiger partial charge on any atom is -0.495 e. The number of hydrazone groups is 1. The summed E-state index contributed by atoms with van der Waals surface area (Å²) in [6.07, 6.45) is 1.39. The van der Waals surface area contributed by atoms with Gasteiger partial charge in [-0.15, -0.1) is 0 Å². The van der Waals surface area contributed by atoms with Gasteiger partial charge >= 0.3 is 0 Å². The topological polar surface area (TPSA) is 73.1 Å². The third kappa shape index (κ3) is 5.28. The van der Waals surface area contributed by atoms with Crippen molar-refractivity contribution in [2.45, 2.75) is 0 Å². The number of carbonyl (C=O) groups is 1. The van der Waals surface area contributed by atoms with Crippen LogP contribution < -0.4 is 14.9 Å². The van der Waals surface area contributed by atoms with Crippen molar-refractivity contribution >= 4 is 35.3 Å². The van der Waals surface area contributed by atoms with Crippen LogP contribution in [-0.2, 0) is 4.79 Å². The highest BCUT2D eigenvalue weighted by molar-refractivity contribution is 6.32. The molecule has 0 aliphatic carbocycles. The highest BCUT2D eigenvalue weighted by atomic mass is 35.5. The zero-order chi connectivity index (χ0) is 19.9. The van der Waals surface area contributed by atoms with Crippen LogP contribution in [0.1, 0.15) is 5.76 Å². The average molecular weight is 419 g/mol. The van der Waals surface area contributed by atoms with Gasteiger partial charge in [0.25, 0.3) is 5.91 Å². The molecule has 8 heteroatoms. The number of hydrogen-bond acceptors (Lipinski definition) is 5. The molecule has 28 heavy (non-hydrogen) atoms. The van der Waals surface area contributed by atoms with Gasteiger partial charge in [0, 0.05) is 10.6 Å². The molecule has 3 aromatic rings. The van der Waals surface area contributed by atoms with E-state index in [1.165, 1.54) is 6.21 Å². The quantitative estimate of drug-likeness (QED) is 0.442. The lowest BCUT2D eigenvalue weighted by Crippen LogP contribution is -2.24. The minimum absolute atomic E-state index is 0.189. The van der Waals surface area contributed by atoms with Crippen LogP contribution in [0.5, 0.6) is 11.5 Å². The standard InChI is InChI=1S/C20H16Cl2N2O4/c1-26-19-7-5-13(9-17(19)22)18-8-6-16(28-18)11-23-24-20(25)12-27-15-4-2-3-14(21)10-15/h2-11H,12H2,1H3,(H,24,25). The van der Waals surface area contributed by atoms with E-state index >= 15 is 0 Å². The highest BCUT2D eigenvalue weighted by Gasteiger charge is 2.08. The fourth-order valence-electron chi connectivity index (χ4n) is 2.30. The van der Waals surface area contributed by atoms with E-state index in [-0.39, 0.29) is 6.61 Å². The zero-order valence-electron chi connectivity index (χ0n) is 14.8. The van der Waals surface area contributed by atoms with E-state index in [0.29, 0.717) is 33.1 Å². The van der Waals surface area contributed by atoms with Crippen molar-refractivity contribution in [3.05, 3.63) is 70.4 Å². The molecule has 0 saturated carbocycles. The fraction of sp³-hybridized carbons (Fsp3) is 0.100. The molecule has 0 radical (unpaired) electrons. The predicted molar refractivity (Wildman–Crippen MR) is 108 cm³/mol. The molecule has 0 fully saturated rings. The normalized spacial score (nSPS) is 10.8. The third-order valence-electron chi connectivity index (χ3n) is 3.61. The van der Waals surface area contributed by atoms with Gasteiger partial charge in [0.05, 0.1) is 18.3 Å². The van der Waals surface area contributed by atoms with Crippen molar-refractivity contribution in [1.82, 2.24) is 5.43 Å². The van der Waals surface area contributed by atoms with Crippen LogP contribution in [0.3, 0.4) is 0 Å². The van der Waals surface area contributed by atoms with Gasteiger partial charge in [-0.25, -0.2) is 5.43 Å². The molecule has 0 spiro atoms. The van der Waals surface area contributed by atoms with Gasteiger partial charge in [0.2, 0.25) is 0 Å². The number of hydrogen-bond donors (Lipinski definition) is 1. The molecule has 0 aliphatic rings. The van der Waals surface area contributed by atoms with Crippen molar-refractivity contribution < 1.29 is 18.7 Å². The second kappa shape index (κ2) is 9.30. The third-order valence-corrected chi connectivity index (χ3v) is 4.14. The summed E-state index contributed by atoms with van der Waals surface area (Å²) < 4.78 is 16.1. The Kier molecular flexibility index (Phi) is 6.57. The van der Waals surface area contributed by atoms with Gasteiger partial charge in [0.15, 0.2) is 6.61 Å². The second-order valence-electron chi connectivity index (χ2n) is 5.59. The largest absolute Gasteiger partial charge is 0.495 e. The van der Waals surface area contributed by atoms with E-state index in [9.17, 15) is 4.79 Å². The number of nitrogens with zero attached hydrogens (tertiary/aromatic N) is 1. The molecule has 0 unspecified atom stereocenters. The first kappa shape index (κ1) is 19.8. The van der Waals surface area contributed by atoms with Crippen molar-refractivity contribution in [2.75, 3.05) is 13.7 Å². The maximum absolute atomic E-state index is 11.8. The Hall–Kier alpha value is -2.96. The van der Waals surface area contributed by atoms with E-state index < -0.39 is 5.91 Å². The summed E-state index contributed by atoms with van der Waals surface area (Å²) in [6.45, 7) is -0.189. The number of amides is 1. The Bertz CT molecular complexity index is 1000. The van der Waals surface area contributed by atoms with Gasteiger partial charge < -0.3 is 13.9 Å². The van der Waals surface area contributed by atoms with Crippen LogP contribution in [0.15, 0.2) is 64.1 Å². The highest BCUT2D eigenvalue weighted by Crippen LogP contribution is 2.30. The molecular weight excluding hydrogens is 403 g/mol. The lowest BCUT2D eigenvalue weighted by atomic mass is 10.2. The van der Waals surface area contributed by atoms with Gasteiger partial charge in [-0.1, -0.05) is 29.3 Å². The van der Waals surface area contributed by atoms with Crippen molar-refractivity contribution in [2.24, 2.45) is 5.10 Å². The van der Waals surface area contributed by atoms with Gasteiger partial charge in [0.1, 0.15) is 23.0 Å². The first-order chi connectivity index (χ1) is 13.5. The van der Waals surface area contributed by atoms with Gasteiger partial charge in [-0.3, -0.25) is 4.79 Å². The van der Waals surface area contributed by atoms with E-state index in [1.807, 2.05) is 6.07 Å². The van der Waals surface area contributed by atoms with E-state index in [1.54, 1.807) is 55.6 Å². The number of rotatable bonds is 7. The first-order valence-corrected chi connectivity index (χ1v) is 8.95. The second-order valence-corrected chi connectivity index (χ2v) is 6.43. The first-order valence-electron chi connectivity index (χ1n) is 8.19. The Morgan fingerprint density at radius 3 is 2.79 bits per heavy atom. The van der Waals surface area contributed by atoms with E-state index in [0.717, 1.165) is 5.56 Å². The number of methoxy groups -OCH3 is 1. The lowest BCUT2D eigenvalue weighted by Gasteiger charge is -2.04. The Labute approximate surface area is 171 Å². The molecule has 6 nitrogen and oxygen atoms in total. The maximum Gasteiger partial charge on any atom is 0.277 e. The Morgan fingerprint density at radius 2 is 2.04 bits per heavy atom. The summed E-state index contributed by atoms with van der Waals surface area (Å²) in [7, 11) is 1.55. The molecule has 0 atom stereocenters. The molecule has 0 aliphatic heterocycles. The molecule has 2 aromatic carbocycles. The van der Waals surface area contributed by atoms with Crippen molar-refractivity contribution in [3.63, 3.8) is 0 Å². The molecular formula is C20H16Cl2N2O4.